The van der Waals surface area contributed by atoms with Gasteiger partial charge in [-0.1, -0.05) is 13.0 Å². The summed E-state index contributed by atoms with van der Waals surface area (Å²) in [5.41, 5.74) is 0.0592. The molecule has 1 aromatic carbocycles. The van der Waals surface area contributed by atoms with Crippen LogP contribution in [0.15, 0.2) is 22.7 Å². The van der Waals surface area contributed by atoms with Crippen molar-refractivity contribution < 1.29 is 19.1 Å². The maximum absolute atomic E-state index is 13.6. The number of benzene rings is 1. The van der Waals surface area contributed by atoms with Gasteiger partial charge in [-0.2, -0.15) is 0 Å². The van der Waals surface area contributed by atoms with Crippen molar-refractivity contribution in [1.82, 2.24) is 4.90 Å². The number of nitrogens with zero attached hydrogens (tertiary/aromatic N) is 1. The third-order valence-corrected chi connectivity index (χ3v) is 4.07. The molecule has 5 nitrogen and oxygen atoms in total. The van der Waals surface area contributed by atoms with Gasteiger partial charge in [-0.15, -0.1) is 0 Å². The summed E-state index contributed by atoms with van der Waals surface area (Å²) in [4.78, 5) is 24.5. The van der Waals surface area contributed by atoms with E-state index in [4.69, 9.17) is 5.11 Å². The number of nitrogens with one attached hydrogen (secondary N) is 1. The van der Waals surface area contributed by atoms with Crippen molar-refractivity contribution in [3.63, 3.8) is 0 Å². The van der Waals surface area contributed by atoms with E-state index >= 15 is 0 Å². The lowest BCUT2D eigenvalue weighted by atomic mass is 9.99. The van der Waals surface area contributed by atoms with Gasteiger partial charge in [-0.25, -0.2) is 9.18 Å². The molecule has 1 fully saturated rings. The number of urea groups is 1. The second kappa shape index (κ2) is 5.78. The predicted octanol–water partition coefficient (Wildman–Crippen LogP) is 2.77. The molecule has 108 valence electrons. The molecule has 0 bridgehead atoms. The van der Waals surface area contributed by atoms with Crippen LogP contribution >= 0.6 is 15.9 Å². The Morgan fingerprint density at radius 2 is 2.15 bits per heavy atom. The Bertz CT molecular complexity index is 532. The second-order valence-electron chi connectivity index (χ2n) is 4.85. The molecule has 2 atom stereocenters. The summed E-state index contributed by atoms with van der Waals surface area (Å²) in [5.74, 6) is -2.17. The third-order valence-electron chi connectivity index (χ3n) is 3.41. The number of carbonyl (C=O) groups is 2. The van der Waals surface area contributed by atoms with Crippen LogP contribution in [0.3, 0.4) is 0 Å². The minimum absolute atomic E-state index is 0.0592. The molecular weight excluding hydrogens is 331 g/mol. The zero-order valence-corrected chi connectivity index (χ0v) is 12.4. The molecule has 2 amide bonds. The van der Waals surface area contributed by atoms with Crippen LogP contribution in [0.4, 0.5) is 14.9 Å². The van der Waals surface area contributed by atoms with Gasteiger partial charge in [0.1, 0.15) is 5.82 Å². The molecule has 20 heavy (non-hydrogen) atoms. The zero-order valence-electron chi connectivity index (χ0n) is 10.8. The Balaban J connectivity index is 2.08. The van der Waals surface area contributed by atoms with Crippen LogP contribution in [0.2, 0.25) is 0 Å². The smallest absolute Gasteiger partial charge is 0.321 e. The molecule has 1 saturated heterocycles. The maximum atomic E-state index is 13.6. The Morgan fingerprint density at radius 1 is 1.45 bits per heavy atom. The Hall–Kier alpha value is -1.63. The number of halogens is 2. The summed E-state index contributed by atoms with van der Waals surface area (Å²) in [6.07, 6.45) is 0. The Labute approximate surface area is 123 Å². The lowest BCUT2D eigenvalue weighted by Gasteiger charge is -2.17. The van der Waals surface area contributed by atoms with Crippen LogP contribution in [0.25, 0.3) is 0 Å². The van der Waals surface area contributed by atoms with Crippen LogP contribution in [0.5, 0.6) is 0 Å². The minimum Gasteiger partial charge on any atom is -0.481 e. The van der Waals surface area contributed by atoms with Gasteiger partial charge >= 0.3 is 12.0 Å². The topological polar surface area (TPSA) is 69.6 Å². The van der Waals surface area contributed by atoms with Crippen LogP contribution in [-0.2, 0) is 4.79 Å². The molecule has 0 aliphatic carbocycles. The van der Waals surface area contributed by atoms with E-state index in [-0.39, 0.29) is 18.2 Å². The number of likely N-dealkylation sites (tertiary alicyclic amines) is 1. The number of carbonyl (C=O) groups excluding carboxylic acids is 1. The van der Waals surface area contributed by atoms with Crippen molar-refractivity contribution in [2.75, 3.05) is 18.4 Å². The first-order valence-corrected chi connectivity index (χ1v) is 6.92. The predicted molar refractivity (Wildman–Crippen MR) is 75.0 cm³/mol. The van der Waals surface area contributed by atoms with Crippen LogP contribution < -0.4 is 5.32 Å². The number of amides is 2. The molecule has 1 aromatic rings. The van der Waals surface area contributed by atoms with Crippen LogP contribution in [0, 0.1) is 17.7 Å². The van der Waals surface area contributed by atoms with E-state index in [1.807, 2.05) is 0 Å². The normalized spacial score (nSPS) is 21.9. The third kappa shape index (κ3) is 2.92. The first-order chi connectivity index (χ1) is 9.40. The molecule has 1 aliphatic heterocycles. The average Bonchev–Trinajstić information content (AvgIpc) is 2.76. The molecule has 0 aromatic heterocycles. The SMILES string of the molecule is CC1CN(C(=O)Nc2c(F)cccc2Br)CC1C(=O)O. The van der Waals surface area contributed by atoms with Gasteiger partial charge in [0.05, 0.1) is 11.6 Å². The summed E-state index contributed by atoms with van der Waals surface area (Å²) in [6.45, 7) is 2.26. The highest BCUT2D eigenvalue weighted by atomic mass is 79.9. The minimum atomic E-state index is -0.917. The van der Waals surface area contributed by atoms with Crippen molar-refractivity contribution in [2.45, 2.75) is 6.92 Å². The lowest BCUT2D eigenvalue weighted by Crippen LogP contribution is -2.34. The standard InChI is InChI=1S/C13H14BrFN2O3/c1-7-5-17(6-8(7)12(18)19)13(20)16-11-9(14)3-2-4-10(11)15/h2-4,7-8H,5-6H2,1H3,(H,16,20)(H,18,19). The van der Waals surface area contributed by atoms with Gasteiger partial charge in [0.25, 0.3) is 0 Å². The number of hydrogen-bond donors (Lipinski definition) is 2. The summed E-state index contributed by atoms with van der Waals surface area (Å²) in [7, 11) is 0. The van der Waals surface area contributed by atoms with Crippen molar-refractivity contribution in [2.24, 2.45) is 11.8 Å². The summed E-state index contributed by atoms with van der Waals surface area (Å²) < 4.78 is 14.1. The van der Waals surface area contributed by atoms with Gasteiger partial charge in [-0.05, 0) is 34.0 Å². The van der Waals surface area contributed by atoms with Gasteiger partial charge in [0.2, 0.25) is 0 Å². The van der Waals surface area contributed by atoms with Crippen molar-refractivity contribution in [3.8, 4) is 0 Å². The maximum Gasteiger partial charge on any atom is 0.321 e. The zero-order chi connectivity index (χ0) is 14.9. The van der Waals surface area contributed by atoms with Crippen molar-refractivity contribution >= 4 is 33.6 Å². The largest absolute Gasteiger partial charge is 0.481 e. The van der Waals surface area contributed by atoms with E-state index in [0.29, 0.717) is 11.0 Å². The molecule has 0 saturated carbocycles. The lowest BCUT2D eigenvalue weighted by molar-refractivity contribution is -0.142. The van der Waals surface area contributed by atoms with E-state index in [1.165, 1.54) is 17.0 Å². The number of anilines is 1. The number of carboxylic acid groups (broad SMARTS) is 1. The number of carboxylic acids is 1. The van der Waals surface area contributed by atoms with Crippen LogP contribution in [0.1, 0.15) is 6.92 Å². The molecule has 7 heteroatoms. The quantitative estimate of drug-likeness (QED) is 0.866. The number of aliphatic carboxylic acids is 1. The molecular formula is C13H14BrFN2O3. The molecule has 2 rings (SSSR count). The molecule has 2 N–H and O–H groups in total. The number of hydrogen-bond acceptors (Lipinski definition) is 2. The molecule has 2 unspecified atom stereocenters. The van der Waals surface area contributed by atoms with E-state index in [1.54, 1.807) is 13.0 Å². The average molecular weight is 345 g/mol. The summed E-state index contributed by atoms with van der Waals surface area (Å²) >= 11 is 3.16. The molecule has 0 radical (unpaired) electrons. The highest BCUT2D eigenvalue weighted by molar-refractivity contribution is 9.10. The first kappa shape index (κ1) is 14.8. The second-order valence-corrected chi connectivity index (χ2v) is 5.71. The van der Waals surface area contributed by atoms with Gasteiger partial charge in [0.15, 0.2) is 0 Å². The number of para-hydroxylation sites is 1. The molecule has 1 aliphatic rings. The first-order valence-electron chi connectivity index (χ1n) is 6.13. The fourth-order valence-corrected chi connectivity index (χ4v) is 2.70. The van der Waals surface area contributed by atoms with Gasteiger partial charge < -0.3 is 15.3 Å². The van der Waals surface area contributed by atoms with E-state index in [9.17, 15) is 14.0 Å². The van der Waals surface area contributed by atoms with E-state index in [0.717, 1.165) is 0 Å². The highest BCUT2D eigenvalue weighted by Crippen LogP contribution is 2.27. The molecule has 0 spiro atoms. The Kier molecular flexibility index (Phi) is 4.27. The van der Waals surface area contributed by atoms with Gasteiger partial charge in [-0.3, -0.25) is 4.79 Å². The fourth-order valence-electron chi connectivity index (χ4n) is 2.26. The van der Waals surface area contributed by atoms with Crippen molar-refractivity contribution in [1.29, 1.82) is 0 Å². The monoisotopic (exact) mass is 344 g/mol. The molecule has 1 heterocycles. The summed E-state index contributed by atoms with van der Waals surface area (Å²) in [5, 5.41) is 11.5. The Morgan fingerprint density at radius 3 is 2.70 bits per heavy atom. The highest BCUT2D eigenvalue weighted by Gasteiger charge is 2.37. The van der Waals surface area contributed by atoms with Crippen LogP contribution in [-0.4, -0.2) is 35.1 Å². The summed E-state index contributed by atoms with van der Waals surface area (Å²) in [6, 6.07) is 3.89. The number of rotatable bonds is 2. The van der Waals surface area contributed by atoms with Gasteiger partial charge in [0, 0.05) is 17.6 Å². The van der Waals surface area contributed by atoms with Crippen molar-refractivity contribution in [3.05, 3.63) is 28.5 Å². The van der Waals surface area contributed by atoms with E-state index < -0.39 is 23.7 Å². The van der Waals surface area contributed by atoms with E-state index in [2.05, 4.69) is 21.2 Å². The fraction of sp³-hybridized carbons (Fsp3) is 0.385.